The average molecular weight is 206 g/mol. The number of hydrazine groups is 1. The van der Waals surface area contributed by atoms with Gasteiger partial charge in [0.25, 0.3) is 5.95 Å². The Hall–Kier alpha value is -2.01. The molecule has 1 aromatic heterocycles. The molecule has 1 heterocycles. The molecular formula is C10H10N2O3. The number of rotatable bonds is 1. The van der Waals surface area contributed by atoms with Crippen molar-refractivity contribution < 1.29 is 13.9 Å². The molecule has 1 amide bonds. The molecule has 2 rings (SSSR count). The molecule has 0 aliphatic heterocycles. The number of hydrogen-bond donors (Lipinski definition) is 1. The van der Waals surface area contributed by atoms with Crippen LogP contribution in [0.15, 0.2) is 34.7 Å². The minimum atomic E-state index is -0.672. The summed E-state index contributed by atoms with van der Waals surface area (Å²) >= 11 is 0. The van der Waals surface area contributed by atoms with E-state index in [1.165, 1.54) is 7.05 Å². The lowest BCUT2D eigenvalue weighted by molar-refractivity contribution is 0.153. The zero-order chi connectivity index (χ0) is 10.8. The Labute approximate surface area is 86.0 Å². The molecule has 5 nitrogen and oxygen atoms in total. The van der Waals surface area contributed by atoms with Crippen LogP contribution in [0.2, 0.25) is 0 Å². The number of fused-ring (bicyclic) bond motifs is 1. The van der Waals surface area contributed by atoms with Crippen molar-refractivity contribution in [3.8, 4) is 5.95 Å². The number of amides is 1. The summed E-state index contributed by atoms with van der Waals surface area (Å²) in [4.78, 5) is 11.1. The molecule has 0 aliphatic carbocycles. The first-order chi connectivity index (χ1) is 7.16. The topological polar surface area (TPSA) is 68.7 Å². The molecule has 0 aliphatic rings. The van der Waals surface area contributed by atoms with Crippen molar-refractivity contribution in [1.29, 1.82) is 0 Å². The normalized spacial score (nSPS) is 10.3. The van der Waals surface area contributed by atoms with Gasteiger partial charge in [-0.05, 0) is 6.07 Å². The third-order valence-corrected chi connectivity index (χ3v) is 1.88. The summed E-state index contributed by atoms with van der Waals surface area (Å²) in [6.07, 6.45) is -0.672. The molecule has 0 spiro atoms. The van der Waals surface area contributed by atoms with E-state index < -0.39 is 6.09 Å². The molecule has 78 valence electrons. The summed E-state index contributed by atoms with van der Waals surface area (Å²) in [7, 11) is 1.39. The first-order valence-corrected chi connectivity index (χ1v) is 4.35. The van der Waals surface area contributed by atoms with Gasteiger partial charge in [-0.3, -0.25) is 0 Å². The lowest BCUT2D eigenvalue weighted by atomic mass is 10.3. The second-order valence-electron chi connectivity index (χ2n) is 3.08. The number of carbonyl (C=O) groups is 1. The SMILES string of the molecule is CN(N)C(=O)Oc1cc2ccccc2o1. The fourth-order valence-corrected chi connectivity index (χ4v) is 1.17. The zero-order valence-electron chi connectivity index (χ0n) is 8.14. The van der Waals surface area contributed by atoms with Crippen LogP contribution in [0.5, 0.6) is 5.95 Å². The summed E-state index contributed by atoms with van der Waals surface area (Å²) in [5, 5.41) is 1.72. The van der Waals surface area contributed by atoms with Gasteiger partial charge in [0.05, 0.1) is 0 Å². The van der Waals surface area contributed by atoms with Gasteiger partial charge >= 0.3 is 6.09 Å². The molecule has 1 aromatic carbocycles. The van der Waals surface area contributed by atoms with Gasteiger partial charge in [-0.15, -0.1) is 0 Å². The van der Waals surface area contributed by atoms with E-state index in [2.05, 4.69) is 0 Å². The van der Waals surface area contributed by atoms with E-state index in [0.29, 0.717) is 5.58 Å². The zero-order valence-corrected chi connectivity index (χ0v) is 8.14. The van der Waals surface area contributed by atoms with E-state index in [4.69, 9.17) is 15.0 Å². The number of para-hydroxylation sites is 1. The van der Waals surface area contributed by atoms with Gasteiger partial charge in [0.15, 0.2) is 0 Å². The quantitative estimate of drug-likeness (QED) is 0.438. The van der Waals surface area contributed by atoms with E-state index in [0.717, 1.165) is 10.4 Å². The highest BCUT2D eigenvalue weighted by Crippen LogP contribution is 2.24. The molecule has 2 N–H and O–H groups in total. The Kier molecular flexibility index (Phi) is 2.31. The number of benzene rings is 1. The molecule has 15 heavy (non-hydrogen) atoms. The smallest absolute Gasteiger partial charge is 0.425 e. The van der Waals surface area contributed by atoms with Crippen LogP contribution in [-0.4, -0.2) is 18.1 Å². The highest BCUT2D eigenvalue weighted by atomic mass is 16.6. The third kappa shape index (κ3) is 1.92. The van der Waals surface area contributed by atoms with Crippen LogP contribution < -0.4 is 10.6 Å². The third-order valence-electron chi connectivity index (χ3n) is 1.88. The van der Waals surface area contributed by atoms with Crippen molar-refractivity contribution in [3.05, 3.63) is 30.3 Å². The average Bonchev–Trinajstić information content (AvgIpc) is 2.59. The van der Waals surface area contributed by atoms with Gasteiger partial charge in [0, 0.05) is 18.5 Å². The van der Waals surface area contributed by atoms with Gasteiger partial charge < -0.3 is 9.15 Å². The lowest BCUT2D eigenvalue weighted by Crippen LogP contribution is -2.35. The van der Waals surface area contributed by atoms with Gasteiger partial charge in [-0.2, -0.15) is 0 Å². The van der Waals surface area contributed by atoms with Gasteiger partial charge in [-0.1, -0.05) is 18.2 Å². The summed E-state index contributed by atoms with van der Waals surface area (Å²) < 4.78 is 10.1. The lowest BCUT2D eigenvalue weighted by Gasteiger charge is -2.07. The Bertz CT molecular complexity index is 457. The maximum Gasteiger partial charge on any atom is 0.431 e. The Balaban J connectivity index is 2.26. The van der Waals surface area contributed by atoms with E-state index >= 15 is 0 Å². The fraction of sp³-hybridized carbons (Fsp3) is 0.100. The predicted octanol–water partition coefficient (Wildman–Crippen LogP) is 1.74. The van der Waals surface area contributed by atoms with E-state index in [9.17, 15) is 4.79 Å². The molecule has 0 unspecified atom stereocenters. The number of hydrogen-bond acceptors (Lipinski definition) is 4. The maximum absolute atomic E-state index is 11.1. The van der Waals surface area contributed by atoms with Crippen LogP contribution >= 0.6 is 0 Å². The molecule has 0 saturated heterocycles. The molecule has 2 aromatic rings. The molecule has 0 bridgehead atoms. The van der Waals surface area contributed by atoms with Crippen molar-refractivity contribution in [3.63, 3.8) is 0 Å². The monoisotopic (exact) mass is 206 g/mol. The highest BCUT2D eigenvalue weighted by molar-refractivity contribution is 5.79. The predicted molar refractivity (Wildman–Crippen MR) is 54.2 cm³/mol. The van der Waals surface area contributed by atoms with Gasteiger partial charge in [0.2, 0.25) is 0 Å². The first kappa shape index (κ1) is 9.54. The number of furan rings is 1. The van der Waals surface area contributed by atoms with Crippen molar-refractivity contribution >= 4 is 17.1 Å². The summed E-state index contributed by atoms with van der Waals surface area (Å²) in [5.41, 5.74) is 0.667. The molecule has 0 radical (unpaired) electrons. The summed E-state index contributed by atoms with van der Waals surface area (Å²) in [6.45, 7) is 0. The van der Waals surface area contributed by atoms with Gasteiger partial charge in [0.1, 0.15) is 5.58 Å². The first-order valence-electron chi connectivity index (χ1n) is 4.35. The minimum Gasteiger partial charge on any atom is -0.425 e. The second kappa shape index (κ2) is 3.62. The number of nitrogens with two attached hydrogens (primary N) is 1. The molecular weight excluding hydrogens is 196 g/mol. The molecule has 5 heteroatoms. The van der Waals surface area contributed by atoms with Crippen LogP contribution in [0.4, 0.5) is 4.79 Å². The summed E-state index contributed by atoms with van der Waals surface area (Å²) in [6, 6.07) is 9.00. The standard InChI is InChI=1S/C10H10N2O3/c1-12(11)10(13)15-9-6-7-4-2-3-5-8(7)14-9/h2-6H,11H2,1H3. The van der Waals surface area contributed by atoms with Crippen molar-refractivity contribution in [1.82, 2.24) is 5.01 Å². The second-order valence-corrected chi connectivity index (χ2v) is 3.08. The van der Waals surface area contributed by atoms with E-state index in [1.54, 1.807) is 12.1 Å². The van der Waals surface area contributed by atoms with Crippen molar-refractivity contribution in [2.45, 2.75) is 0 Å². The molecule has 0 atom stereocenters. The summed E-state index contributed by atoms with van der Waals surface area (Å²) in [5.74, 6) is 5.33. The van der Waals surface area contributed by atoms with Gasteiger partial charge in [-0.25, -0.2) is 15.6 Å². The van der Waals surface area contributed by atoms with E-state index in [-0.39, 0.29) is 5.95 Å². The maximum atomic E-state index is 11.1. The molecule has 0 saturated carbocycles. The Morgan fingerprint density at radius 1 is 1.47 bits per heavy atom. The number of ether oxygens (including phenoxy) is 1. The largest absolute Gasteiger partial charge is 0.431 e. The van der Waals surface area contributed by atoms with Crippen molar-refractivity contribution in [2.24, 2.45) is 5.84 Å². The highest BCUT2D eigenvalue weighted by Gasteiger charge is 2.11. The van der Waals surface area contributed by atoms with Crippen LogP contribution in [0, 0.1) is 0 Å². The number of nitrogens with zero attached hydrogens (tertiary/aromatic N) is 1. The molecule has 0 fully saturated rings. The van der Waals surface area contributed by atoms with Crippen molar-refractivity contribution in [2.75, 3.05) is 7.05 Å². The number of carbonyl (C=O) groups excluding carboxylic acids is 1. The Morgan fingerprint density at radius 3 is 2.87 bits per heavy atom. The van der Waals surface area contributed by atoms with Crippen LogP contribution in [0.1, 0.15) is 0 Å². The van der Waals surface area contributed by atoms with Crippen LogP contribution in [0.3, 0.4) is 0 Å². The van der Waals surface area contributed by atoms with Crippen LogP contribution in [0.25, 0.3) is 11.0 Å². The minimum absolute atomic E-state index is 0.138. The fourth-order valence-electron chi connectivity index (χ4n) is 1.17. The Morgan fingerprint density at radius 2 is 2.20 bits per heavy atom. The van der Waals surface area contributed by atoms with Crippen LogP contribution in [-0.2, 0) is 0 Å². The van der Waals surface area contributed by atoms with E-state index in [1.807, 2.05) is 18.2 Å².